The molecule has 0 spiro atoms. The first-order valence-corrected chi connectivity index (χ1v) is 10.9. The average molecular weight is 398 g/mol. The minimum atomic E-state index is -3.57. The molecule has 146 valence electrons. The van der Waals surface area contributed by atoms with Crippen LogP contribution < -0.4 is 10.3 Å². The van der Waals surface area contributed by atoms with Gasteiger partial charge < -0.3 is 4.74 Å². The number of benzene rings is 2. The lowest BCUT2D eigenvalue weighted by atomic mass is 10.0. The molecule has 0 aliphatic rings. The third-order valence-corrected chi connectivity index (χ3v) is 5.31. The quantitative estimate of drug-likeness (QED) is 0.611. The SMILES string of the molecule is CCCOc1cc(Cc2ccccc2)c(-n2ncccc2=O)cc1S(C)(=O)=O. The van der Waals surface area contributed by atoms with Gasteiger partial charge in [0.05, 0.1) is 12.3 Å². The highest BCUT2D eigenvalue weighted by Crippen LogP contribution is 2.31. The summed E-state index contributed by atoms with van der Waals surface area (Å²) in [6.07, 6.45) is 3.88. The van der Waals surface area contributed by atoms with Gasteiger partial charge in [0.25, 0.3) is 5.56 Å². The molecule has 2 aromatic carbocycles. The van der Waals surface area contributed by atoms with Crippen molar-refractivity contribution < 1.29 is 13.2 Å². The lowest BCUT2D eigenvalue weighted by Crippen LogP contribution is -2.21. The molecule has 0 radical (unpaired) electrons. The molecule has 1 heterocycles. The average Bonchev–Trinajstić information content (AvgIpc) is 2.67. The second-order valence-electron chi connectivity index (χ2n) is 6.48. The van der Waals surface area contributed by atoms with Gasteiger partial charge in [0.2, 0.25) is 0 Å². The van der Waals surface area contributed by atoms with Crippen LogP contribution in [-0.2, 0) is 16.3 Å². The number of sulfone groups is 1. The molecule has 0 unspecified atom stereocenters. The van der Waals surface area contributed by atoms with Gasteiger partial charge >= 0.3 is 0 Å². The summed E-state index contributed by atoms with van der Waals surface area (Å²) in [6.45, 7) is 2.35. The zero-order valence-corrected chi connectivity index (χ0v) is 16.6. The number of hydrogen-bond acceptors (Lipinski definition) is 5. The normalized spacial score (nSPS) is 11.4. The maximum absolute atomic E-state index is 12.4. The second kappa shape index (κ2) is 8.39. The summed E-state index contributed by atoms with van der Waals surface area (Å²) in [6, 6.07) is 15.9. The zero-order chi connectivity index (χ0) is 20.1. The minimum absolute atomic E-state index is 0.0466. The van der Waals surface area contributed by atoms with E-state index in [0.717, 1.165) is 23.8 Å². The Bertz CT molecular complexity index is 1120. The van der Waals surface area contributed by atoms with Crippen LogP contribution in [0.2, 0.25) is 0 Å². The van der Waals surface area contributed by atoms with E-state index in [2.05, 4.69) is 5.10 Å². The Balaban J connectivity index is 2.25. The van der Waals surface area contributed by atoms with E-state index in [1.165, 1.54) is 23.0 Å². The van der Waals surface area contributed by atoms with Crippen LogP contribution in [0, 0.1) is 0 Å². The minimum Gasteiger partial charge on any atom is -0.492 e. The lowest BCUT2D eigenvalue weighted by Gasteiger charge is -2.17. The van der Waals surface area contributed by atoms with Crippen LogP contribution in [0.3, 0.4) is 0 Å². The van der Waals surface area contributed by atoms with E-state index < -0.39 is 9.84 Å². The number of ether oxygens (including phenoxy) is 1. The topological polar surface area (TPSA) is 78.3 Å². The third-order valence-electron chi connectivity index (χ3n) is 4.19. The van der Waals surface area contributed by atoms with Crippen LogP contribution in [0.15, 0.2) is 70.5 Å². The Labute approximate surface area is 164 Å². The maximum atomic E-state index is 12.4. The summed E-state index contributed by atoms with van der Waals surface area (Å²) in [5, 5.41) is 4.13. The Morgan fingerprint density at radius 1 is 1.07 bits per heavy atom. The largest absolute Gasteiger partial charge is 0.492 e. The van der Waals surface area contributed by atoms with Crippen molar-refractivity contribution in [2.24, 2.45) is 0 Å². The number of nitrogens with zero attached hydrogens (tertiary/aromatic N) is 2. The number of aromatic nitrogens is 2. The summed E-state index contributed by atoms with van der Waals surface area (Å²) in [5.41, 5.74) is 1.88. The molecule has 0 saturated carbocycles. The van der Waals surface area contributed by atoms with Crippen molar-refractivity contribution in [2.75, 3.05) is 12.9 Å². The highest BCUT2D eigenvalue weighted by atomic mass is 32.2. The molecule has 0 aliphatic carbocycles. The zero-order valence-electron chi connectivity index (χ0n) is 15.8. The Hall–Kier alpha value is -2.93. The van der Waals surface area contributed by atoms with Gasteiger partial charge in [0.15, 0.2) is 9.84 Å². The standard InChI is InChI=1S/C21H22N2O4S/c1-3-12-27-19-14-17(13-16-8-5-4-6-9-16)18(15-20(19)28(2,25)26)23-21(24)10-7-11-22-23/h4-11,14-15H,3,12-13H2,1-2H3. The fraction of sp³-hybridized carbons (Fsp3) is 0.238. The first-order valence-electron chi connectivity index (χ1n) is 8.98. The molecular formula is C21H22N2O4S. The van der Waals surface area contributed by atoms with Crippen LogP contribution in [0.1, 0.15) is 24.5 Å². The molecule has 3 rings (SSSR count). The van der Waals surface area contributed by atoms with Crippen molar-refractivity contribution in [3.8, 4) is 11.4 Å². The third kappa shape index (κ3) is 4.48. The van der Waals surface area contributed by atoms with E-state index in [1.807, 2.05) is 37.3 Å². The van der Waals surface area contributed by atoms with Crippen molar-refractivity contribution in [1.29, 1.82) is 0 Å². The summed E-state index contributed by atoms with van der Waals surface area (Å²) in [5.74, 6) is 0.294. The molecule has 0 bridgehead atoms. The summed E-state index contributed by atoms with van der Waals surface area (Å²) in [4.78, 5) is 12.4. The first-order chi connectivity index (χ1) is 13.4. The van der Waals surface area contributed by atoms with Gasteiger partial charge in [-0.05, 0) is 42.2 Å². The fourth-order valence-electron chi connectivity index (χ4n) is 2.90. The molecule has 1 aromatic heterocycles. The molecule has 7 heteroatoms. The van der Waals surface area contributed by atoms with Crippen molar-refractivity contribution in [3.63, 3.8) is 0 Å². The monoisotopic (exact) mass is 398 g/mol. The van der Waals surface area contributed by atoms with E-state index in [4.69, 9.17) is 4.74 Å². The molecule has 0 saturated heterocycles. The molecule has 0 amide bonds. The van der Waals surface area contributed by atoms with E-state index in [-0.39, 0.29) is 10.5 Å². The molecule has 28 heavy (non-hydrogen) atoms. The summed E-state index contributed by atoms with van der Waals surface area (Å²) >= 11 is 0. The highest BCUT2D eigenvalue weighted by Gasteiger charge is 2.20. The van der Waals surface area contributed by atoms with Crippen molar-refractivity contribution in [1.82, 2.24) is 9.78 Å². The van der Waals surface area contributed by atoms with Gasteiger partial charge in [-0.1, -0.05) is 37.3 Å². The van der Waals surface area contributed by atoms with Gasteiger partial charge in [-0.25, -0.2) is 8.42 Å². The molecule has 0 fully saturated rings. The number of rotatable bonds is 7. The molecular weight excluding hydrogens is 376 g/mol. The lowest BCUT2D eigenvalue weighted by molar-refractivity contribution is 0.309. The Morgan fingerprint density at radius 2 is 1.82 bits per heavy atom. The maximum Gasteiger partial charge on any atom is 0.271 e. The smallest absolute Gasteiger partial charge is 0.271 e. The predicted octanol–water partition coefficient (Wildman–Crippen LogP) is 3.02. The molecule has 0 atom stereocenters. The molecule has 6 nitrogen and oxygen atoms in total. The Morgan fingerprint density at radius 3 is 2.46 bits per heavy atom. The Kier molecular flexibility index (Phi) is 5.94. The molecule has 0 aliphatic heterocycles. The summed E-state index contributed by atoms with van der Waals surface area (Å²) in [7, 11) is -3.57. The van der Waals surface area contributed by atoms with E-state index in [9.17, 15) is 13.2 Å². The molecule has 0 N–H and O–H groups in total. The van der Waals surface area contributed by atoms with Crippen molar-refractivity contribution >= 4 is 9.84 Å². The van der Waals surface area contributed by atoms with Crippen LogP contribution in [-0.4, -0.2) is 31.1 Å². The number of hydrogen-bond donors (Lipinski definition) is 0. The van der Waals surface area contributed by atoms with Crippen molar-refractivity contribution in [2.45, 2.75) is 24.7 Å². The van der Waals surface area contributed by atoms with Crippen LogP contribution in [0.4, 0.5) is 0 Å². The van der Waals surface area contributed by atoms with Crippen LogP contribution in [0.5, 0.6) is 5.75 Å². The van der Waals surface area contributed by atoms with Gasteiger partial charge in [-0.3, -0.25) is 4.79 Å². The van der Waals surface area contributed by atoms with E-state index >= 15 is 0 Å². The second-order valence-corrected chi connectivity index (χ2v) is 8.47. The summed E-state index contributed by atoms with van der Waals surface area (Å²) < 4.78 is 31.7. The van der Waals surface area contributed by atoms with Gasteiger partial charge in [-0.2, -0.15) is 9.78 Å². The van der Waals surface area contributed by atoms with E-state index in [1.54, 1.807) is 12.1 Å². The predicted molar refractivity (Wildman–Crippen MR) is 108 cm³/mol. The fourth-order valence-corrected chi connectivity index (χ4v) is 3.71. The first kappa shape index (κ1) is 19.8. The van der Waals surface area contributed by atoms with Crippen molar-refractivity contribution in [3.05, 3.63) is 82.3 Å². The molecule has 3 aromatic rings. The van der Waals surface area contributed by atoms with Crippen LogP contribution in [0.25, 0.3) is 5.69 Å². The van der Waals surface area contributed by atoms with Gasteiger partial charge in [-0.15, -0.1) is 0 Å². The highest BCUT2D eigenvalue weighted by molar-refractivity contribution is 7.90. The van der Waals surface area contributed by atoms with Gasteiger partial charge in [0.1, 0.15) is 10.6 Å². The van der Waals surface area contributed by atoms with Crippen LogP contribution >= 0.6 is 0 Å². The van der Waals surface area contributed by atoms with Gasteiger partial charge in [0, 0.05) is 18.5 Å². The van der Waals surface area contributed by atoms with E-state index in [0.29, 0.717) is 24.5 Å².